The Hall–Kier alpha value is -1.71. The molecule has 0 aromatic heterocycles. The maximum atomic E-state index is 12.0. The van der Waals surface area contributed by atoms with E-state index >= 15 is 0 Å². The van der Waals surface area contributed by atoms with Crippen molar-refractivity contribution in [1.29, 1.82) is 0 Å². The fraction of sp³-hybridized carbons (Fsp3) is 0.429. The van der Waals surface area contributed by atoms with E-state index in [0.717, 1.165) is 0 Å². The molecule has 110 valence electrons. The second-order valence-corrected chi connectivity index (χ2v) is 6.42. The highest BCUT2D eigenvalue weighted by Gasteiger charge is 2.15. The maximum Gasteiger partial charge on any atom is 0.233 e. The zero-order chi connectivity index (χ0) is 15.2. The summed E-state index contributed by atoms with van der Waals surface area (Å²) >= 11 is 0. The van der Waals surface area contributed by atoms with Gasteiger partial charge in [0, 0.05) is 5.56 Å². The summed E-state index contributed by atoms with van der Waals surface area (Å²) in [6.07, 6.45) is 0. The van der Waals surface area contributed by atoms with E-state index in [2.05, 4.69) is 16.6 Å². The number of aliphatic hydroxyl groups excluding tert-OH is 1. The molecule has 0 unspecified atom stereocenters. The van der Waals surface area contributed by atoms with Crippen molar-refractivity contribution < 1.29 is 18.3 Å². The molecular formula is C14H19NO4S. The summed E-state index contributed by atoms with van der Waals surface area (Å²) in [7, 11) is -1.96. The summed E-state index contributed by atoms with van der Waals surface area (Å²) in [5.74, 6) is 5.71. The van der Waals surface area contributed by atoms with Crippen LogP contribution in [0.4, 0.5) is 5.69 Å². The van der Waals surface area contributed by atoms with Gasteiger partial charge < -0.3 is 9.84 Å². The van der Waals surface area contributed by atoms with Crippen LogP contribution in [0.25, 0.3) is 0 Å². The standard InChI is InChI=1S/C14H19NO4S/c1-11(2)10-20(17,18)15-13-9-12(5-4-8-16)6-7-14(13)19-3/h6-7,9,11,15-16H,8,10H2,1-3H3. The topological polar surface area (TPSA) is 75.6 Å². The van der Waals surface area contributed by atoms with Gasteiger partial charge in [-0.15, -0.1) is 0 Å². The van der Waals surface area contributed by atoms with Crippen molar-refractivity contribution in [1.82, 2.24) is 0 Å². The van der Waals surface area contributed by atoms with Crippen molar-refractivity contribution in [3.63, 3.8) is 0 Å². The highest BCUT2D eigenvalue weighted by atomic mass is 32.2. The van der Waals surface area contributed by atoms with Gasteiger partial charge in [-0.25, -0.2) is 8.42 Å². The summed E-state index contributed by atoms with van der Waals surface area (Å²) < 4.78 is 31.6. The fourth-order valence-electron chi connectivity index (χ4n) is 1.66. The van der Waals surface area contributed by atoms with Gasteiger partial charge in [0.2, 0.25) is 10.0 Å². The Bertz CT molecular complexity index is 612. The molecule has 0 bridgehead atoms. The van der Waals surface area contributed by atoms with Crippen LogP contribution in [0, 0.1) is 17.8 Å². The Kier molecular flexibility index (Phi) is 5.86. The molecule has 0 radical (unpaired) electrons. The molecule has 0 fully saturated rings. The van der Waals surface area contributed by atoms with E-state index in [9.17, 15) is 8.42 Å². The number of benzene rings is 1. The van der Waals surface area contributed by atoms with Crippen LogP contribution >= 0.6 is 0 Å². The molecule has 0 spiro atoms. The first-order valence-electron chi connectivity index (χ1n) is 6.16. The molecule has 0 aliphatic carbocycles. The Balaban J connectivity index is 3.08. The number of methoxy groups -OCH3 is 1. The Morgan fingerprint density at radius 1 is 1.40 bits per heavy atom. The minimum atomic E-state index is -3.43. The number of ether oxygens (including phenoxy) is 1. The third-order valence-electron chi connectivity index (χ3n) is 2.33. The third kappa shape index (κ3) is 5.11. The lowest BCUT2D eigenvalue weighted by molar-refractivity contribution is 0.350. The zero-order valence-electron chi connectivity index (χ0n) is 11.8. The van der Waals surface area contributed by atoms with E-state index in [1.54, 1.807) is 18.2 Å². The van der Waals surface area contributed by atoms with Gasteiger partial charge in [0.25, 0.3) is 0 Å². The summed E-state index contributed by atoms with van der Waals surface area (Å²) in [6, 6.07) is 4.91. The van der Waals surface area contributed by atoms with Gasteiger partial charge in [-0.2, -0.15) is 0 Å². The first-order chi connectivity index (χ1) is 9.38. The average Bonchev–Trinajstić information content (AvgIpc) is 2.34. The van der Waals surface area contributed by atoms with Crippen molar-refractivity contribution in [2.24, 2.45) is 5.92 Å². The molecule has 20 heavy (non-hydrogen) atoms. The van der Waals surface area contributed by atoms with Crippen LogP contribution < -0.4 is 9.46 Å². The predicted molar refractivity (Wildman–Crippen MR) is 79.2 cm³/mol. The molecule has 0 amide bonds. The van der Waals surface area contributed by atoms with Gasteiger partial charge in [0.15, 0.2) is 0 Å². The number of hydrogen-bond acceptors (Lipinski definition) is 4. The molecule has 5 nitrogen and oxygen atoms in total. The van der Waals surface area contributed by atoms with E-state index < -0.39 is 10.0 Å². The van der Waals surface area contributed by atoms with Gasteiger partial charge in [0.05, 0.1) is 18.6 Å². The molecule has 1 aromatic carbocycles. The monoisotopic (exact) mass is 297 g/mol. The van der Waals surface area contributed by atoms with Gasteiger partial charge in [0.1, 0.15) is 12.4 Å². The largest absolute Gasteiger partial charge is 0.495 e. The Morgan fingerprint density at radius 3 is 2.65 bits per heavy atom. The maximum absolute atomic E-state index is 12.0. The Morgan fingerprint density at radius 2 is 2.10 bits per heavy atom. The van der Waals surface area contributed by atoms with Crippen LogP contribution in [-0.4, -0.2) is 33.0 Å². The second kappa shape index (κ2) is 7.17. The van der Waals surface area contributed by atoms with Gasteiger partial charge in [-0.05, 0) is 24.1 Å². The van der Waals surface area contributed by atoms with E-state index in [1.165, 1.54) is 7.11 Å². The molecule has 1 rings (SSSR count). The summed E-state index contributed by atoms with van der Waals surface area (Å²) in [4.78, 5) is 0. The lowest BCUT2D eigenvalue weighted by Crippen LogP contribution is -2.20. The normalized spacial score (nSPS) is 10.8. The number of sulfonamides is 1. The fourth-order valence-corrected chi connectivity index (χ4v) is 3.11. The highest BCUT2D eigenvalue weighted by molar-refractivity contribution is 7.92. The number of rotatable bonds is 5. The minimum absolute atomic E-state index is 0.0239. The highest BCUT2D eigenvalue weighted by Crippen LogP contribution is 2.26. The molecule has 0 heterocycles. The Labute approximate surface area is 120 Å². The summed E-state index contributed by atoms with van der Waals surface area (Å²) in [6.45, 7) is 3.42. The van der Waals surface area contributed by atoms with E-state index in [1.807, 2.05) is 13.8 Å². The molecule has 0 aliphatic heterocycles. The van der Waals surface area contributed by atoms with E-state index in [4.69, 9.17) is 9.84 Å². The van der Waals surface area contributed by atoms with Gasteiger partial charge in [-0.1, -0.05) is 25.7 Å². The van der Waals surface area contributed by atoms with Crippen LogP contribution in [-0.2, 0) is 10.0 Å². The first kappa shape index (κ1) is 16.3. The number of aliphatic hydroxyl groups is 1. The van der Waals surface area contributed by atoms with Crippen molar-refractivity contribution in [3.05, 3.63) is 23.8 Å². The van der Waals surface area contributed by atoms with Crippen molar-refractivity contribution in [3.8, 4) is 17.6 Å². The average molecular weight is 297 g/mol. The molecule has 0 saturated carbocycles. The van der Waals surface area contributed by atoms with Crippen molar-refractivity contribution in [2.45, 2.75) is 13.8 Å². The predicted octanol–water partition coefficient (Wildman–Crippen LogP) is 1.44. The van der Waals surface area contributed by atoms with Crippen molar-refractivity contribution in [2.75, 3.05) is 24.2 Å². The second-order valence-electron chi connectivity index (χ2n) is 4.65. The lowest BCUT2D eigenvalue weighted by Gasteiger charge is -2.13. The van der Waals surface area contributed by atoms with Crippen LogP contribution in [0.1, 0.15) is 19.4 Å². The summed E-state index contributed by atoms with van der Waals surface area (Å²) in [5.41, 5.74) is 0.944. The smallest absolute Gasteiger partial charge is 0.233 e. The quantitative estimate of drug-likeness (QED) is 0.806. The van der Waals surface area contributed by atoms with E-state index in [-0.39, 0.29) is 18.3 Å². The van der Waals surface area contributed by atoms with Crippen molar-refractivity contribution >= 4 is 15.7 Å². The molecule has 0 saturated heterocycles. The third-order valence-corrected chi connectivity index (χ3v) is 3.97. The van der Waals surface area contributed by atoms with E-state index in [0.29, 0.717) is 17.0 Å². The first-order valence-corrected chi connectivity index (χ1v) is 7.81. The number of nitrogens with one attached hydrogen (secondary N) is 1. The molecule has 0 atom stereocenters. The SMILES string of the molecule is COc1ccc(C#CCO)cc1NS(=O)(=O)CC(C)C. The van der Waals surface area contributed by atoms with Crippen LogP contribution in [0.2, 0.25) is 0 Å². The molecule has 2 N–H and O–H groups in total. The summed E-state index contributed by atoms with van der Waals surface area (Å²) in [5, 5.41) is 8.67. The van der Waals surface area contributed by atoms with Crippen LogP contribution in [0.15, 0.2) is 18.2 Å². The van der Waals surface area contributed by atoms with Crippen LogP contribution in [0.3, 0.4) is 0 Å². The molecule has 0 aliphatic rings. The number of anilines is 1. The lowest BCUT2D eigenvalue weighted by atomic mass is 10.2. The zero-order valence-corrected chi connectivity index (χ0v) is 12.6. The molecule has 1 aromatic rings. The van der Waals surface area contributed by atoms with Gasteiger partial charge >= 0.3 is 0 Å². The van der Waals surface area contributed by atoms with Crippen LogP contribution in [0.5, 0.6) is 5.75 Å². The minimum Gasteiger partial charge on any atom is -0.495 e. The molecular weight excluding hydrogens is 278 g/mol. The molecule has 6 heteroatoms. The van der Waals surface area contributed by atoms with Gasteiger partial charge in [-0.3, -0.25) is 4.72 Å². The number of hydrogen-bond donors (Lipinski definition) is 2.